The van der Waals surface area contributed by atoms with Crippen LogP contribution in [0.25, 0.3) is 0 Å². The summed E-state index contributed by atoms with van der Waals surface area (Å²) < 4.78 is 2.19. The number of thiazole rings is 1. The lowest BCUT2D eigenvalue weighted by molar-refractivity contribution is 0.0707. The average Bonchev–Trinajstić information content (AvgIpc) is 3.31. The van der Waals surface area contributed by atoms with Gasteiger partial charge in [0.05, 0.1) is 11.2 Å². The van der Waals surface area contributed by atoms with E-state index < -0.39 is 0 Å². The molecule has 0 radical (unpaired) electrons. The van der Waals surface area contributed by atoms with Gasteiger partial charge in [0.1, 0.15) is 10.7 Å². The third-order valence-electron chi connectivity index (χ3n) is 4.86. The Kier molecular flexibility index (Phi) is 4.79. The molecule has 26 heavy (non-hydrogen) atoms. The predicted molar refractivity (Wildman–Crippen MR) is 100 cm³/mol. The monoisotopic (exact) mass is 367 g/mol. The van der Waals surface area contributed by atoms with Crippen molar-refractivity contribution in [2.24, 2.45) is 0 Å². The van der Waals surface area contributed by atoms with Gasteiger partial charge in [0, 0.05) is 50.3 Å². The van der Waals surface area contributed by atoms with Gasteiger partial charge >= 0.3 is 0 Å². The molecule has 1 aliphatic rings. The van der Waals surface area contributed by atoms with E-state index in [-0.39, 0.29) is 11.8 Å². The molecule has 0 bridgehead atoms. The van der Waals surface area contributed by atoms with E-state index in [4.69, 9.17) is 0 Å². The highest BCUT2D eigenvalue weighted by Gasteiger charge is 2.29. The van der Waals surface area contributed by atoms with Crippen LogP contribution < -0.4 is 0 Å². The maximum absolute atomic E-state index is 12.8. The molecule has 0 spiro atoms. The Balaban J connectivity index is 1.51. The smallest absolute Gasteiger partial charge is 0.265 e. The van der Waals surface area contributed by atoms with E-state index in [1.165, 1.54) is 16.9 Å². The van der Waals surface area contributed by atoms with E-state index in [1.54, 1.807) is 5.51 Å². The number of aryl methyl sites for hydroxylation is 1. The first-order chi connectivity index (χ1) is 12.7. The third-order valence-corrected chi connectivity index (χ3v) is 5.78. The van der Waals surface area contributed by atoms with Crippen molar-refractivity contribution in [1.82, 2.24) is 24.4 Å². The Hall–Kier alpha value is -2.54. The lowest BCUT2D eigenvalue weighted by Gasteiger charge is -2.32. The van der Waals surface area contributed by atoms with Gasteiger partial charge in [-0.3, -0.25) is 9.78 Å². The largest absolute Gasteiger partial charge is 0.337 e. The van der Waals surface area contributed by atoms with Crippen LogP contribution in [0, 0.1) is 6.92 Å². The fourth-order valence-electron chi connectivity index (χ4n) is 3.52. The Morgan fingerprint density at radius 3 is 2.88 bits per heavy atom. The molecule has 1 saturated heterocycles. The number of pyridine rings is 1. The lowest BCUT2D eigenvalue weighted by Crippen LogP contribution is -2.39. The van der Waals surface area contributed by atoms with Crippen molar-refractivity contribution in [3.8, 4) is 0 Å². The highest BCUT2D eigenvalue weighted by Crippen LogP contribution is 2.28. The van der Waals surface area contributed by atoms with Gasteiger partial charge in [0.25, 0.3) is 5.91 Å². The van der Waals surface area contributed by atoms with Gasteiger partial charge in [-0.05, 0) is 37.5 Å². The Morgan fingerprint density at radius 2 is 2.12 bits per heavy atom. The van der Waals surface area contributed by atoms with E-state index in [0.717, 1.165) is 42.3 Å². The van der Waals surface area contributed by atoms with Gasteiger partial charge in [-0.2, -0.15) is 0 Å². The maximum Gasteiger partial charge on any atom is 0.265 e. The number of carbonyl (C=O) groups excluding carboxylic acids is 1. The highest BCUT2D eigenvalue weighted by atomic mass is 32.1. The van der Waals surface area contributed by atoms with Crippen LogP contribution in [0.4, 0.5) is 0 Å². The minimum absolute atomic E-state index is 0.0990. The zero-order chi connectivity index (χ0) is 17.9. The van der Waals surface area contributed by atoms with Crippen molar-refractivity contribution in [1.29, 1.82) is 0 Å². The summed E-state index contributed by atoms with van der Waals surface area (Å²) >= 11 is 1.43. The number of rotatable bonds is 4. The minimum atomic E-state index is 0.0990. The van der Waals surface area contributed by atoms with Gasteiger partial charge in [-0.15, -0.1) is 11.3 Å². The van der Waals surface area contributed by atoms with Crippen LogP contribution in [0.5, 0.6) is 0 Å². The van der Waals surface area contributed by atoms with Gasteiger partial charge in [0.2, 0.25) is 0 Å². The van der Waals surface area contributed by atoms with Crippen LogP contribution in [0.1, 0.15) is 45.5 Å². The molecule has 134 valence electrons. The van der Waals surface area contributed by atoms with Crippen molar-refractivity contribution >= 4 is 17.2 Å². The zero-order valence-corrected chi connectivity index (χ0v) is 15.5. The Labute approximate surface area is 156 Å². The quantitative estimate of drug-likeness (QED) is 0.711. The fraction of sp³-hybridized carbons (Fsp3) is 0.368. The van der Waals surface area contributed by atoms with Crippen molar-refractivity contribution < 1.29 is 4.79 Å². The summed E-state index contributed by atoms with van der Waals surface area (Å²) in [5.74, 6) is 1.42. The number of nitrogens with zero attached hydrogens (tertiary/aromatic N) is 5. The first-order valence-electron chi connectivity index (χ1n) is 8.81. The second-order valence-electron chi connectivity index (χ2n) is 6.63. The molecule has 0 aromatic carbocycles. The van der Waals surface area contributed by atoms with Crippen LogP contribution in [-0.4, -0.2) is 43.4 Å². The summed E-state index contributed by atoms with van der Waals surface area (Å²) in [6, 6.07) is 4.04. The van der Waals surface area contributed by atoms with E-state index in [9.17, 15) is 4.79 Å². The number of aromatic nitrogens is 4. The number of carbonyl (C=O) groups is 1. The molecule has 1 aliphatic heterocycles. The van der Waals surface area contributed by atoms with Gasteiger partial charge in [-0.25, -0.2) is 9.97 Å². The summed E-state index contributed by atoms with van der Waals surface area (Å²) in [5, 5.41) is 0. The summed E-state index contributed by atoms with van der Waals surface area (Å²) in [4.78, 5) is 28.4. The second-order valence-corrected chi connectivity index (χ2v) is 7.48. The number of hydrogen-bond acceptors (Lipinski definition) is 5. The molecule has 1 amide bonds. The topological polar surface area (TPSA) is 63.9 Å². The number of likely N-dealkylation sites (tertiary alicyclic amines) is 1. The van der Waals surface area contributed by atoms with Crippen LogP contribution in [0.2, 0.25) is 0 Å². The molecule has 1 fully saturated rings. The molecule has 0 saturated carbocycles. The van der Waals surface area contributed by atoms with Crippen LogP contribution in [0.3, 0.4) is 0 Å². The Bertz CT molecular complexity index is 888. The number of imidazole rings is 1. The van der Waals surface area contributed by atoms with Crippen molar-refractivity contribution in [3.63, 3.8) is 0 Å². The standard InChI is InChI=1S/C19H21N5OS/c1-14-17(26-13-22-14)19(25)24-9-2-3-16(12-24)18-21-8-10-23(18)11-15-4-6-20-7-5-15/h4-8,10,13,16H,2-3,9,11-12H2,1H3/t16-/m0/s1. The van der Waals surface area contributed by atoms with Gasteiger partial charge in [-0.1, -0.05) is 0 Å². The van der Waals surface area contributed by atoms with E-state index in [2.05, 4.69) is 19.5 Å². The zero-order valence-electron chi connectivity index (χ0n) is 14.7. The van der Waals surface area contributed by atoms with E-state index in [0.29, 0.717) is 6.54 Å². The number of amides is 1. The maximum atomic E-state index is 12.8. The molecule has 3 aromatic heterocycles. The molecule has 0 aliphatic carbocycles. The normalized spacial score (nSPS) is 17.4. The lowest BCUT2D eigenvalue weighted by atomic mass is 9.96. The van der Waals surface area contributed by atoms with Crippen molar-refractivity contribution in [2.45, 2.75) is 32.2 Å². The fourth-order valence-corrected chi connectivity index (χ4v) is 4.29. The van der Waals surface area contributed by atoms with Crippen LogP contribution >= 0.6 is 11.3 Å². The average molecular weight is 367 g/mol. The minimum Gasteiger partial charge on any atom is -0.337 e. The number of piperidine rings is 1. The van der Waals surface area contributed by atoms with Crippen LogP contribution in [0.15, 0.2) is 42.4 Å². The highest BCUT2D eigenvalue weighted by molar-refractivity contribution is 7.11. The van der Waals surface area contributed by atoms with Gasteiger partial charge < -0.3 is 9.47 Å². The molecule has 3 aromatic rings. The molecular weight excluding hydrogens is 346 g/mol. The first kappa shape index (κ1) is 16.9. The summed E-state index contributed by atoms with van der Waals surface area (Å²) in [5.41, 5.74) is 3.76. The van der Waals surface area contributed by atoms with Crippen LogP contribution in [-0.2, 0) is 6.54 Å². The molecule has 6 nitrogen and oxygen atoms in total. The second kappa shape index (κ2) is 7.37. The summed E-state index contributed by atoms with van der Waals surface area (Å²) in [6.07, 6.45) is 9.54. The molecule has 4 rings (SSSR count). The molecule has 4 heterocycles. The molecule has 1 atom stereocenters. The Morgan fingerprint density at radius 1 is 1.27 bits per heavy atom. The van der Waals surface area contributed by atoms with Crippen molar-refractivity contribution in [2.75, 3.05) is 13.1 Å². The predicted octanol–water partition coefficient (Wildman–Crippen LogP) is 3.11. The molecular formula is C19H21N5OS. The van der Waals surface area contributed by atoms with E-state index >= 15 is 0 Å². The molecule has 0 N–H and O–H groups in total. The van der Waals surface area contributed by atoms with Gasteiger partial charge in [0.15, 0.2) is 0 Å². The van der Waals surface area contributed by atoms with Crippen molar-refractivity contribution in [3.05, 3.63) is 64.4 Å². The third kappa shape index (κ3) is 3.39. The summed E-state index contributed by atoms with van der Waals surface area (Å²) in [6.45, 7) is 4.18. The summed E-state index contributed by atoms with van der Waals surface area (Å²) in [7, 11) is 0. The number of hydrogen-bond donors (Lipinski definition) is 0. The SMILES string of the molecule is Cc1ncsc1C(=O)N1CCC[C@H](c2nccn2Cc2ccncc2)C1. The molecule has 7 heteroatoms. The molecule has 0 unspecified atom stereocenters. The first-order valence-corrected chi connectivity index (χ1v) is 9.69. The van der Waals surface area contributed by atoms with E-state index in [1.807, 2.05) is 48.7 Å².